The number of hydrogen-bond donors (Lipinski definition) is 2. The van der Waals surface area contributed by atoms with Gasteiger partial charge >= 0.3 is 12.8 Å². The molecule has 0 saturated carbocycles. The SMILES string of the molecule is COc1ccc(Cn2c(C)cc(C)nc2=O)cc1B(O)O. The first-order chi connectivity index (χ1) is 9.92. The number of aromatic nitrogens is 2. The van der Waals surface area contributed by atoms with E-state index < -0.39 is 7.12 Å². The summed E-state index contributed by atoms with van der Waals surface area (Å²) in [5.41, 5.74) is 2.18. The van der Waals surface area contributed by atoms with Crippen LogP contribution in [-0.2, 0) is 6.54 Å². The molecule has 2 N–H and O–H groups in total. The number of hydrogen-bond acceptors (Lipinski definition) is 5. The fourth-order valence-corrected chi connectivity index (χ4v) is 2.23. The first-order valence-corrected chi connectivity index (χ1v) is 6.50. The van der Waals surface area contributed by atoms with E-state index in [4.69, 9.17) is 4.74 Å². The van der Waals surface area contributed by atoms with Crippen LogP contribution in [0.4, 0.5) is 0 Å². The van der Waals surface area contributed by atoms with E-state index >= 15 is 0 Å². The molecular formula is C14H17BN2O4. The predicted octanol–water partition coefficient (Wildman–Crippen LogP) is -0.403. The normalized spacial score (nSPS) is 10.5. The topological polar surface area (TPSA) is 84.6 Å². The van der Waals surface area contributed by atoms with E-state index in [1.807, 2.05) is 13.0 Å². The third-order valence-corrected chi connectivity index (χ3v) is 3.26. The molecule has 21 heavy (non-hydrogen) atoms. The van der Waals surface area contributed by atoms with Gasteiger partial charge in [0.25, 0.3) is 0 Å². The monoisotopic (exact) mass is 288 g/mol. The summed E-state index contributed by atoms with van der Waals surface area (Å²) >= 11 is 0. The molecule has 1 aromatic heterocycles. The molecule has 0 spiro atoms. The fourth-order valence-electron chi connectivity index (χ4n) is 2.23. The van der Waals surface area contributed by atoms with Gasteiger partial charge in [0.1, 0.15) is 5.75 Å². The molecule has 110 valence electrons. The van der Waals surface area contributed by atoms with Crippen molar-refractivity contribution in [1.82, 2.24) is 9.55 Å². The number of benzene rings is 1. The van der Waals surface area contributed by atoms with Crippen molar-refractivity contribution >= 4 is 12.6 Å². The van der Waals surface area contributed by atoms with Gasteiger partial charge in [-0.15, -0.1) is 0 Å². The Labute approximate surface area is 122 Å². The highest BCUT2D eigenvalue weighted by Gasteiger charge is 2.17. The van der Waals surface area contributed by atoms with Crippen LogP contribution in [0.3, 0.4) is 0 Å². The van der Waals surface area contributed by atoms with E-state index in [2.05, 4.69) is 4.98 Å². The molecule has 7 heteroatoms. The molecule has 0 bridgehead atoms. The van der Waals surface area contributed by atoms with Crippen molar-refractivity contribution in [2.24, 2.45) is 0 Å². The minimum Gasteiger partial charge on any atom is -0.497 e. The number of methoxy groups -OCH3 is 1. The first kappa shape index (κ1) is 15.3. The molecule has 0 saturated heterocycles. The van der Waals surface area contributed by atoms with Crippen molar-refractivity contribution in [3.63, 3.8) is 0 Å². The quantitative estimate of drug-likeness (QED) is 0.748. The third-order valence-electron chi connectivity index (χ3n) is 3.26. The Balaban J connectivity index is 2.41. The highest BCUT2D eigenvalue weighted by Crippen LogP contribution is 2.11. The number of rotatable bonds is 4. The minimum atomic E-state index is -1.63. The van der Waals surface area contributed by atoms with Gasteiger partial charge in [0.15, 0.2) is 0 Å². The first-order valence-electron chi connectivity index (χ1n) is 6.50. The maximum atomic E-state index is 11.9. The lowest BCUT2D eigenvalue weighted by atomic mass is 9.78. The minimum absolute atomic E-state index is 0.265. The summed E-state index contributed by atoms with van der Waals surface area (Å²) in [4.78, 5) is 15.8. The second kappa shape index (κ2) is 6.11. The molecule has 0 aliphatic carbocycles. The Bertz CT molecular complexity index is 713. The lowest BCUT2D eigenvalue weighted by molar-refractivity contribution is 0.403. The van der Waals surface area contributed by atoms with E-state index in [1.54, 1.807) is 25.1 Å². The number of aryl methyl sites for hydroxylation is 2. The van der Waals surface area contributed by atoms with E-state index in [0.717, 1.165) is 11.3 Å². The molecule has 1 heterocycles. The Kier molecular flexibility index (Phi) is 4.45. The van der Waals surface area contributed by atoms with Crippen LogP contribution in [0.25, 0.3) is 0 Å². The van der Waals surface area contributed by atoms with Crippen LogP contribution in [0.5, 0.6) is 5.75 Å². The van der Waals surface area contributed by atoms with Crippen LogP contribution in [0, 0.1) is 13.8 Å². The predicted molar refractivity (Wildman–Crippen MR) is 79.9 cm³/mol. The molecule has 0 fully saturated rings. The summed E-state index contributed by atoms with van der Waals surface area (Å²) in [5, 5.41) is 18.7. The van der Waals surface area contributed by atoms with Crippen molar-refractivity contribution in [1.29, 1.82) is 0 Å². The molecule has 0 aliphatic heterocycles. The number of ether oxygens (including phenoxy) is 1. The molecule has 0 atom stereocenters. The van der Waals surface area contributed by atoms with E-state index in [-0.39, 0.29) is 11.2 Å². The van der Waals surface area contributed by atoms with Gasteiger partial charge in [0.2, 0.25) is 0 Å². The van der Waals surface area contributed by atoms with Gasteiger partial charge in [0, 0.05) is 16.9 Å². The summed E-state index contributed by atoms with van der Waals surface area (Å²) in [7, 11) is -0.173. The molecule has 1 aromatic carbocycles. The Morgan fingerprint density at radius 3 is 2.57 bits per heavy atom. The summed E-state index contributed by atoms with van der Waals surface area (Å²) < 4.78 is 6.60. The lowest BCUT2D eigenvalue weighted by Gasteiger charge is -2.13. The Hall–Kier alpha value is -2.12. The maximum absolute atomic E-state index is 11.9. The maximum Gasteiger partial charge on any atom is 0.492 e. The highest BCUT2D eigenvalue weighted by molar-refractivity contribution is 6.59. The van der Waals surface area contributed by atoms with Crippen molar-refractivity contribution in [3.8, 4) is 5.75 Å². The van der Waals surface area contributed by atoms with Crippen molar-refractivity contribution < 1.29 is 14.8 Å². The van der Waals surface area contributed by atoms with Gasteiger partial charge in [-0.1, -0.05) is 12.1 Å². The Morgan fingerprint density at radius 2 is 2.00 bits per heavy atom. The molecule has 0 aliphatic rings. The van der Waals surface area contributed by atoms with Crippen molar-refractivity contribution in [2.75, 3.05) is 7.11 Å². The molecule has 6 nitrogen and oxygen atoms in total. The van der Waals surface area contributed by atoms with Crippen LogP contribution in [-0.4, -0.2) is 33.8 Å². The highest BCUT2D eigenvalue weighted by atomic mass is 16.5. The number of nitrogens with zero attached hydrogens (tertiary/aromatic N) is 2. The van der Waals surface area contributed by atoms with E-state index in [0.29, 0.717) is 18.0 Å². The van der Waals surface area contributed by atoms with Crippen LogP contribution in [0.15, 0.2) is 29.1 Å². The second-order valence-corrected chi connectivity index (χ2v) is 4.86. The van der Waals surface area contributed by atoms with Crippen molar-refractivity contribution in [2.45, 2.75) is 20.4 Å². The zero-order valence-electron chi connectivity index (χ0n) is 12.2. The summed E-state index contributed by atoms with van der Waals surface area (Å²) in [6.07, 6.45) is 0. The zero-order valence-corrected chi connectivity index (χ0v) is 12.2. The van der Waals surface area contributed by atoms with Gasteiger partial charge in [-0.25, -0.2) is 4.79 Å². The fraction of sp³-hybridized carbons (Fsp3) is 0.286. The molecule has 0 radical (unpaired) electrons. The third kappa shape index (κ3) is 3.32. The van der Waals surface area contributed by atoms with Gasteiger partial charge < -0.3 is 14.8 Å². The zero-order chi connectivity index (χ0) is 15.6. The molecule has 0 unspecified atom stereocenters. The summed E-state index contributed by atoms with van der Waals surface area (Å²) in [5.74, 6) is 0.389. The van der Waals surface area contributed by atoms with Crippen LogP contribution < -0.4 is 15.9 Å². The molecule has 2 aromatic rings. The van der Waals surface area contributed by atoms with Crippen molar-refractivity contribution in [3.05, 3.63) is 51.7 Å². The van der Waals surface area contributed by atoms with E-state index in [1.165, 1.54) is 11.7 Å². The van der Waals surface area contributed by atoms with Gasteiger partial charge in [-0.05, 0) is 31.5 Å². The van der Waals surface area contributed by atoms with Gasteiger partial charge in [-0.2, -0.15) is 4.98 Å². The van der Waals surface area contributed by atoms with E-state index in [9.17, 15) is 14.8 Å². The molecule has 0 amide bonds. The average Bonchev–Trinajstić information content (AvgIpc) is 2.42. The largest absolute Gasteiger partial charge is 0.497 e. The molecule has 2 rings (SSSR count). The second-order valence-electron chi connectivity index (χ2n) is 4.86. The smallest absolute Gasteiger partial charge is 0.492 e. The summed E-state index contributed by atoms with van der Waals surface area (Å²) in [6.45, 7) is 3.91. The molecular weight excluding hydrogens is 271 g/mol. The van der Waals surface area contributed by atoms with Crippen LogP contribution >= 0.6 is 0 Å². The Morgan fingerprint density at radius 1 is 1.29 bits per heavy atom. The summed E-state index contributed by atoms with van der Waals surface area (Å²) in [6, 6.07) is 6.85. The average molecular weight is 288 g/mol. The van der Waals surface area contributed by atoms with Gasteiger partial charge in [-0.3, -0.25) is 4.57 Å². The van der Waals surface area contributed by atoms with Crippen LogP contribution in [0.2, 0.25) is 0 Å². The van der Waals surface area contributed by atoms with Crippen LogP contribution in [0.1, 0.15) is 17.0 Å². The van der Waals surface area contributed by atoms with Gasteiger partial charge in [0.05, 0.1) is 13.7 Å². The standard InChI is InChI=1S/C14H17BN2O4/c1-9-6-10(2)17(14(18)16-9)8-11-4-5-13(21-3)12(7-11)15(19)20/h4-7,19-20H,8H2,1-3H3. The lowest BCUT2D eigenvalue weighted by Crippen LogP contribution is -2.32.